The van der Waals surface area contributed by atoms with Gasteiger partial charge >= 0.3 is 0 Å². The normalized spacial score (nSPS) is 10.4. The van der Waals surface area contributed by atoms with Crippen LogP contribution in [0.1, 0.15) is 0 Å². The number of hydrogen-bond acceptors (Lipinski definition) is 3. The first kappa shape index (κ1) is 14.9. The molecule has 0 amide bonds. The number of hydrogen-bond donors (Lipinski definition) is 1. The van der Waals surface area contributed by atoms with E-state index in [-0.39, 0.29) is 10.8 Å². The molecule has 2 rings (SSSR count). The van der Waals surface area contributed by atoms with Gasteiger partial charge in [-0.3, -0.25) is 0 Å². The maximum Gasteiger partial charge on any atom is 0.145 e. The first-order chi connectivity index (χ1) is 9.49. The molecule has 0 heterocycles. The van der Waals surface area contributed by atoms with Gasteiger partial charge in [0.1, 0.15) is 27.5 Å². The SMILES string of the molecule is COc1ccc(-c2cc(Cl)c(F)cc2O)c(OC)c1Br. The van der Waals surface area contributed by atoms with Crippen molar-refractivity contribution < 1.29 is 19.0 Å². The third kappa shape index (κ3) is 2.55. The fourth-order valence-corrected chi connectivity index (χ4v) is 2.69. The quantitative estimate of drug-likeness (QED) is 0.866. The topological polar surface area (TPSA) is 38.7 Å². The Morgan fingerprint density at radius 2 is 1.85 bits per heavy atom. The van der Waals surface area contributed by atoms with Gasteiger partial charge in [0.2, 0.25) is 0 Å². The van der Waals surface area contributed by atoms with Crippen molar-refractivity contribution in [1.82, 2.24) is 0 Å². The molecule has 0 radical (unpaired) electrons. The Kier molecular flexibility index (Phi) is 4.40. The standard InChI is InChI=1S/C14H11BrClFO3/c1-19-12-4-3-7(14(20-2)13(12)15)8-5-9(16)10(17)6-11(8)18/h3-6,18H,1-2H3. The molecular formula is C14H11BrClFO3. The van der Waals surface area contributed by atoms with Crippen LogP contribution in [-0.2, 0) is 0 Å². The average Bonchev–Trinajstić information content (AvgIpc) is 2.42. The van der Waals surface area contributed by atoms with Crippen LogP contribution < -0.4 is 9.47 Å². The molecule has 2 aromatic carbocycles. The van der Waals surface area contributed by atoms with E-state index in [0.29, 0.717) is 27.1 Å². The molecule has 0 saturated heterocycles. The van der Waals surface area contributed by atoms with E-state index in [1.807, 2.05) is 0 Å². The van der Waals surface area contributed by atoms with Crippen LogP contribution in [-0.4, -0.2) is 19.3 Å². The highest BCUT2D eigenvalue weighted by Crippen LogP contribution is 2.45. The van der Waals surface area contributed by atoms with E-state index in [0.717, 1.165) is 6.07 Å². The van der Waals surface area contributed by atoms with Crippen molar-refractivity contribution in [2.24, 2.45) is 0 Å². The number of phenols is 1. The fraction of sp³-hybridized carbons (Fsp3) is 0.143. The van der Waals surface area contributed by atoms with Crippen LogP contribution in [0.5, 0.6) is 17.2 Å². The number of methoxy groups -OCH3 is 2. The van der Waals surface area contributed by atoms with Crippen molar-refractivity contribution in [2.75, 3.05) is 14.2 Å². The van der Waals surface area contributed by atoms with Crippen molar-refractivity contribution in [3.05, 3.63) is 39.6 Å². The molecule has 0 atom stereocenters. The molecule has 0 aromatic heterocycles. The smallest absolute Gasteiger partial charge is 0.145 e. The summed E-state index contributed by atoms with van der Waals surface area (Å²) < 4.78 is 24.4. The summed E-state index contributed by atoms with van der Waals surface area (Å²) in [6, 6.07) is 5.72. The first-order valence-corrected chi connectivity index (χ1v) is 6.75. The van der Waals surface area contributed by atoms with Gasteiger partial charge in [-0.15, -0.1) is 0 Å². The second-order valence-electron chi connectivity index (χ2n) is 3.95. The van der Waals surface area contributed by atoms with E-state index in [1.165, 1.54) is 20.3 Å². The molecule has 0 bridgehead atoms. The van der Waals surface area contributed by atoms with Crippen LogP contribution >= 0.6 is 27.5 Å². The molecule has 0 saturated carbocycles. The van der Waals surface area contributed by atoms with E-state index in [1.54, 1.807) is 12.1 Å². The van der Waals surface area contributed by atoms with Gasteiger partial charge in [0.15, 0.2) is 0 Å². The predicted molar refractivity (Wildman–Crippen MR) is 79.3 cm³/mol. The Bertz CT molecular complexity index is 661. The lowest BCUT2D eigenvalue weighted by atomic mass is 10.0. The summed E-state index contributed by atoms with van der Waals surface area (Å²) in [6.45, 7) is 0. The van der Waals surface area contributed by atoms with Gasteiger partial charge in [0.25, 0.3) is 0 Å². The summed E-state index contributed by atoms with van der Waals surface area (Å²) >= 11 is 9.13. The van der Waals surface area contributed by atoms with Crippen molar-refractivity contribution in [3.8, 4) is 28.4 Å². The minimum atomic E-state index is -0.681. The lowest BCUT2D eigenvalue weighted by Crippen LogP contribution is -1.93. The summed E-state index contributed by atoms with van der Waals surface area (Å²) in [5.74, 6) is 0.141. The third-order valence-electron chi connectivity index (χ3n) is 2.81. The third-order valence-corrected chi connectivity index (χ3v) is 3.86. The summed E-state index contributed by atoms with van der Waals surface area (Å²) in [6.07, 6.45) is 0. The number of ether oxygens (including phenoxy) is 2. The highest BCUT2D eigenvalue weighted by atomic mass is 79.9. The second-order valence-corrected chi connectivity index (χ2v) is 5.15. The summed E-state index contributed by atoms with van der Waals surface area (Å²) in [7, 11) is 3.02. The van der Waals surface area contributed by atoms with Gasteiger partial charge in [0.05, 0.1) is 19.2 Å². The van der Waals surface area contributed by atoms with Crippen LogP contribution in [0.2, 0.25) is 5.02 Å². The van der Waals surface area contributed by atoms with Crippen molar-refractivity contribution in [2.45, 2.75) is 0 Å². The molecule has 0 unspecified atom stereocenters. The number of benzene rings is 2. The molecule has 0 aliphatic heterocycles. The van der Waals surface area contributed by atoms with E-state index in [4.69, 9.17) is 21.1 Å². The monoisotopic (exact) mass is 360 g/mol. The van der Waals surface area contributed by atoms with E-state index < -0.39 is 5.82 Å². The van der Waals surface area contributed by atoms with E-state index in [9.17, 15) is 9.50 Å². The Balaban J connectivity index is 2.70. The zero-order valence-electron chi connectivity index (χ0n) is 10.7. The van der Waals surface area contributed by atoms with Gasteiger partial charge in [0, 0.05) is 17.2 Å². The highest BCUT2D eigenvalue weighted by Gasteiger charge is 2.18. The Morgan fingerprint density at radius 1 is 1.15 bits per heavy atom. The molecule has 106 valence electrons. The summed E-state index contributed by atoms with van der Waals surface area (Å²) in [4.78, 5) is 0. The first-order valence-electron chi connectivity index (χ1n) is 5.58. The van der Waals surface area contributed by atoms with Gasteiger partial charge in [-0.05, 0) is 34.1 Å². The number of rotatable bonds is 3. The van der Waals surface area contributed by atoms with Gasteiger partial charge < -0.3 is 14.6 Å². The van der Waals surface area contributed by atoms with Crippen LogP contribution in [0, 0.1) is 5.82 Å². The van der Waals surface area contributed by atoms with Crippen LogP contribution in [0.25, 0.3) is 11.1 Å². The highest BCUT2D eigenvalue weighted by molar-refractivity contribution is 9.10. The Morgan fingerprint density at radius 3 is 2.45 bits per heavy atom. The zero-order valence-corrected chi connectivity index (χ0v) is 13.0. The van der Waals surface area contributed by atoms with Crippen LogP contribution in [0.15, 0.2) is 28.7 Å². The minimum Gasteiger partial charge on any atom is -0.507 e. The summed E-state index contributed by atoms with van der Waals surface area (Å²) in [5, 5.41) is 9.83. The average molecular weight is 362 g/mol. The van der Waals surface area contributed by atoms with Gasteiger partial charge in [-0.2, -0.15) is 0 Å². The van der Waals surface area contributed by atoms with E-state index in [2.05, 4.69) is 15.9 Å². The molecule has 0 fully saturated rings. The van der Waals surface area contributed by atoms with Crippen LogP contribution in [0.4, 0.5) is 4.39 Å². The molecule has 6 heteroatoms. The molecule has 0 spiro atoms. The Hall–Kier alpha value is -1.46. The van der Waals surface area contributed by atoms with Crippen molar-refractivity contribution >= 4 is 27.5 Å². The zero-order chi connectivity index (χ0) is 14.9. The molecule has 0 aliphatic rings. The molecular weight excluding hydrogens is 351 g/mol. The van der Waals surface area contributed by atoms with E-state index >= 15 is 0 Å². The molecule has 3 nitrogen and oxygen atoms in total. The van der Waals surface area contributed by atoms with Gasteiger partial charge in [-0.1, -0.05) is 11.6 Å². The summed E-state index contributed by atoms with van der Waals surface area (Å²) in [5.41, 5.74) is 0.941. The van der Waals surface area contributed by atoms with Crippen molar-refractivity contribution in [3.63, 3.8) is 0 Å². The largest absolute Gasteiger partial charge is 0.507 e. The predicted octanol–water partition coefficient (Wildman–Crippen LogP) is 4.63. The lowest BCUT2D eigenvalue weighted by molar-refractivity contribution is 0.390. The second kappa shape index (κ2) is 5.89. The minimum absolute atomic E-state index is 0.0770. The number of aromatic hydroxyl groups is 1. The van der Waals surface area contributed by atoms with Gasteiger partial charge in [-0.25, -0.2) is 4.39 Å². The fourth-order valence-electron chi connectivity index (χ4n) is 1.86. The Labute approximate surface area is 129 Å². The maximum atomic E-state index is 13.3. The molecule has 0 aliphatic carbocycles. The van der Waals surface area contributed by atoms with Crippen LogP contribution in [0.3, 0.4) is 0 Å². The number of phenolic OH excluding ortho intramolecular Hbond substituents is 1. The number of halogens is 3. The van der Waals surface area contributed by atoms with Crippen molar-refractivity contribution in [1.29, 1.82) is 0 Å². The molecule has 1 N–H and O–H groups in total. The molecule has 20 heavy (non-hydrogen) atoms. The molecule has 2 aromatic rings. The lowest BCUT2D eigenvalue weighted by Gasteiger charge is -2.14. The maximum absolute atomic E-state index is 13.3.